The molecule has 0 aromatic heterocycles. The molecular formula is C38H28N2O4. The van der Waals surface area contributed by atoms with Gasteiger partial charge in [-0.1, -0.05) is 84.9 Å². The fourth-order valence-electron chi connectivity index (χ4n) is 4.78. The molecule has 0 bridgehead atoms. The quantitative estimate of drug-likeness (QED) is 0.132. The zero-order chi connectivity index (χ0) is 30.5. The standard InChI is InChI=1S/C38H28N2O4/c39-35-21-19-31(23-33(35)37(41)27-7-3-1-4-8-27)43-29-15-11-25(12-16-29)26-13-17-30(18-14-26)44-32-20-22-36(40)34(24-32)38(42)28-9-5-2-6-10-28/h1-24H,39-40H2. The second-order valence-electron chi connectivity index (χ2n) is 10.1. The first-order valence-electron chi connectivity index (χ1n) is 14.0. The Balaban J connectivity index is 1.13. The van der Waals surface area contributed by atoms with E-state index in [1.54, 1.807) is 60.7 Å². The molecule has 6 rings (SSSR count). The molecule has 0 fully saturated rings. The summed E-state index contributed by atoms with van der Waals surface area (Å²) in [6.45, 7) is 0. The number of rotatable bonds is 9. The van der Waals surface area contributed by atoms with Crippen LogP contribution in [-0.2, 0) is 0 Å². The highest BCUT2D eigenvalue weighted by atomic mass is 16.5. The van der Waals surface area contributed by atoms with Crippen molar-refractivity contribution in [1.29, 1.82) is 0 Å². The van der Waals surface area contributed by atoms with Crippen molar-refractivity contribution in [2.45, 2.75) is 0 Å². The highest BCUT2D eigenvalue weighted by Gasteiger charge is 2.15. The van der Waals surface area contributed by atoms with Gasteiger partial charge in [0.1, 0.15) is 23.0 Å². The van der Waals surface area contributed by atoms with E-state index < -0.39 is 0 Å². The molecule has 4 N–H and O–H groups in total. The Kier molecular flexibility index (Phi) is 7.88. The molecule has 6 heteroatoms. The van der Waals surface area contributed by atoms with Gasteiger partial charge in [0.05, 0.1) is 0 Å². The molecule has 0 saturated carbocycles. The first-order chi connectivity index (χ1) is 21.4. The van der Waals surface area contributed by atoms with E-state index in [9.17, 15) is 9.59 Å². The maximum Gasteiger partial charge on any atom is 0.195 e. The molecule has 6 aromatic carbocycles. The lowest BCUT2D eigenvalue weighted by molar-refractivity contribution is 0.103. The number of benzene rings is 6. The Morgan fingerprint density at radius 1 is 0.409 bits per heavy atom. The minimum Gasteiger partial charge on any atom is -0.457 e. The maximum atomic E-state index is 12.9. The summed E-state index contributed by atoms with van der Waals surface area (Å²) in [6, 6.07) is 43.5. The van der Waals surface area contributed by atoms with Crippen LogP contribution in [0.25, 0.3) is 11.1 Å². The summed E-state index contributed by atoms with van der Waals surface area (Å²) < 4.78 is 12.1. The average molecular weight is 577 g/mol. The molecule has 44 heavy (non-hydrogen) atoms. The van der Waals surface area contributed by atoms with Gasteiger partial charge < -0.3 is 20.9 Å². The lowest BCUT2D eigenvalue weighted by atomic mass is 10.0. The Bertz CT molecular complexity index is 1790. The zero-order valence-electron chi connectivity index (χ0n) is 23.6. The third-order valence-electron chi connectivity index (χ3n) is 7.12. The molecule has 0 heterocycles. The molecular weight excluding hydrogens is 548 g/mol. The topological polar surface area (TPSA) is 105 Å². The molecule has 214 valence electrons. The first kappa shape index (κ1) is 28.0. The Morgan fingerprint density at radius 3 is 1.11 bits per heavy atom. The van der Waals surface area contributed by atoms with Crippen LogP contribution in [0.15, 0.2) is 146 Å². The molecule has 0 aliphatic rings. The van der Waals surface area contributed by atoms with Gasteiger partial charge >= 0.3 is 0 Å². The van der Waals surface area contributed by atoms with Gasteiger partial charge in [-0.25, -0.2) is 0 Å². The number of anilines is 2. The summed E-state index contributed by atoms with van der Waals surface area (Å²) in [5.74, 6) is 1.97. The van der Waals surface area contributed by atoms with Crippen LogP contribution in [0.4, 0.5) is 11.4 Å². The van der Waals surface area contributed by atoms with Crippen LogP contribution in [0.5, 0.6) is 23.0 Å². The van der Waals surface area contributed by atoms with Gasteiger partial charge in [-0.2, -0.15) is 0 Å². The van der Waals surface area contributed by atoms with Gasteiger partial charge in [-0.05, 0) is 71.8 Å². The molecule has 0 aliphatic carbocycles. The van der Waals surface area contributed by atoms with Gasteiger partial charge in [-0.3, -0.25) is 9.59 Å². The van der Waals surface area contributed by atoms with Crippen molar-refractivity contribution >= 4 is 22.9 Å². The monoisotopic (exact) mass is 576 g/mol. The van der Waals surface area contributed by atoms with Crippen molar-refractivity contribution in [3.05, 3.63) is 168 Å². The minimum atomic E-state index is -0.158. The largest absolute Gasteiger partial charge is 0.457 e. The van der Waals surface area contributed by atoms with Crippen molar-refractivity contribution in [2.75, 3.05) is 11.5 Å². The molecule has 0 spiro atoms. The number of ketones is 2. The molecule has 0 radical (unpaired) electrons. The number of nitrogens with two attached hydrogens (primary N) is 2. The van der Waals surface area contributed by atoms with Crippen molar-refractivity contribution in [2.24, 2.45) is 0 Å². The molecule has 0 amide bonds. The predicted octanol–water partition coefficient (Wildman–Crippen LogP) is 8.56. The average Bonchev–Trinajstić information content (AvgIpc) is 3.07. The number of carbonyl (C=O) groups is 2. The number of carbonyl (C=O) groups excluding carboxylic acids is 2. The molecule has 0 unspecified atom stereocenters. The van der Waals surface area contributed by atoms with Gasteiger partial charge in [0.25, 0.3) is 0 Å². The van der Waals surface area contributed by atoms with E-state index in [-0.39, 0.29) is 11.6 Å². The van der Waals surface area contributed by atoms with E-state index in [1.807, 2.05) is 84.9 Å². The normalized spacial score (nSPS) is 10.6. The zero-order valence-corrected chi connectivity index (χ0v) is 23.6. The minimum absolute atomic E-state index is 0.158. The summed E-state index contributed by atoms with van der Waals surface area (Å²) in [5, 5.41) is 0. The number of ether oxygens (including phenoxy) is 2. The van der Waals surface area contributed by atoms with Crippen LogP contribution in [0, 0.1) is 0 Å². The van der Waals surface area contributed by atoms with Crippen molar-refractivity contribution < 1.29 is 19.1 Å². The van der Waals surface area contributed by atoms with Crippen molar-refractivity contribution in [3.63, 3.8) is 0 Å². The Hall–Kier alpha value is -6.14. The summed E-state index contributed by atoms with van der Waals surface area (Å²) in [5.41, 5.74) is 16.9. The molecule has 0 saturated heterocycles. The van der Waals surface area contributed by atoms with Gasteiger partial charge in [0.15, 0.2) is 11.6 Å². The lowest BCUT2D eigenvalue weighted by Crippen LogP contribution is -2.05. The lowest BCUT2D eigenvalue weighted by Gasteiger charge is -2.11. The second kappa shape index (κ2) is 12.4. The first-order valence-corrected chi connectivity index (χ1v) is 14.0. The number of nitrogen functional groups attached to an aromatic ring is 2. The van der Waals surface area contributed by atoms with Crippen molar-refractivity contribution in [3.8, 4) is 34.1 Å². The Labute approximate surface area is 255 Å². The van der Waals surface area contributed by atoms with Gasteiger partial charge in [-0.15, -0.1) is 0 Å². The third-order valence-corrected chi connectivity index (χ3v) is 7.12. The van der Waals surface area contributed by atoms with E-state index in [2.05, 4.69) is 0 Å². The Morgan fingerprint density at radius 2 is 0.750 bits per heavy atom. The maximum absolute atomic E-state index is 12.9. The molecule has 6 aromatic rings. The summed E-state index contributed by atoms with van der Waals surface area (Å²) in [6.07, 6.45) is 0. The fraction of sp³-hybridized carbons (Fsp3) is 0. The summed E-state index contributed by atoms with van der Waals surface area (Å²) in [7, 11) is 0. The van der Waals surface area contributed by atoms with Crippen LogP contribution in [0.2, 0.25) is 0 Å². The van der Waals surface area contributed by atoms with Crippen LogP contribution in [0.3, 0.4) is 0 Å². The van der Waals surface area contributed by atoms with E-state index in [1.165, 1.54) is 0 Å². The van der Waals surface area contributed by atoms with E-state index in [0.717, 1.165) is 11.1 Å². The highest BCUT2D eigenvalue weighted by molar-refractivity contribution is 6.13. The van der Waals surface area contributed by atoms with Crippen LogP contribution in [-0.4, -0.2) is 11.6 Å². The van der Waals surface area contributed by atoms with Gasteiger partial charge in [0, 0.05) is 33.6 Å². The number of hydrogen-bond acceptors (Lipinski definition) is 6. The predicted molar refractivity (Wildman–Crippen MR) is 173 cm³/mol. The molecule has 0 atom stereocenters. The third kappa shape index (κ3) is 6.20. The van der Waals surface area contributed by atoms with E-state index in [0.29, 0.717) is 56.6 Å². The smallest absolute Gasteiger partial charge is 0.195 e. The summed E-state index contributed by atoms with van der Waals surface area (Å²) >= 11 is 0. The van der Waals surface area contributed by atoms with Gasteiger partial charge in [0.2, 0.25) is 0 Å². The fourth-order valence-corrected chi connectivity index (χ4v) is 4.78. The molecule has 0 aliphatic heterocycles. The van der Waals surface area contributed by atoms with E-state index >= 15 is 0 Å². The second-order valence-corrected chi connectivity index (χ2v) is 10.1. The van der Waals surface area contributed by atoms with Crippen LogP contribution in [0.1, 0.15) is 31.8 Å². The summed E-state index contributed by atoms with van der Waals surface area (Å²) in [4.78, 5) is 25.9. The number of hydrogen-bond donors (Lipinski definition) is 2. The van der Waals surface area contributed by atoms with E-state index in [4.69, 9.17) is 20.9 Å². The highest BCUT2D eigenvalue weighted by Crippen LogP contribution is 2.31. The van der Waals surface area contributed by atoms with Crippen molar-refractivity contribution in [1.82, 2.24) is 0 Å². The van der Waals surface area contributed by atoms with Crippen LogP contribution < -0.4 is 20.9 Å². The molecule has 6 nitrogen and oxygen atoms in total. The SMILES string of the molecule is Nc1ccc(Oc2ccc(-c3ccc(Oc4ccc(N)c(C(=O)c5ccccc5)c4)cc3)cc2)cc1C(=O)c1ccccc1. The van der Waals surface area contributed by atoms with Crippen LogP contribution >= 0.6 is 0 Å².